The second-order valence-corrected chi connectivity index (χ2v) is 13.1. The normalized spacial score (nSPS) is 20.1. The van der Waals surface area contributed by atoms with Gasteiger partial charge in [-0.1, -0.05) is 23.4 Å². The first-order chi connectivity index (χ1) is 19.6. The van der Waals surface area contributed by atoms with Crippen molar-refractivity contribution in [2.75, 3.05) is 26.2 Å². The number of benzene rings is 2. The Labute approximate surface area is 241 Å². The highest BCUT2D eigenvalue weighted by molar-refractivity contribution is 7.89. The second kappa shape index (κ2) is 11.7. The number of thiazole rings is 1. The van der Waals surface area contributed by atoms with Crippen molar-refractivity contribution in [3.05, 3.63) is 57.5 Å². The van der Waals surface area contributed by atoms with E-state index in [9.17, 15) is 18.0 Å². The van der Waals surface area contributed by atoms with E-state index in [-0.39, 0.29) is 55.3 Å². The molecule has 2 atom stereocenters. The van der Waals surface area contributed by atoms with Crippen LogP contribution in [-0.4, -0.2) is 83.9 Å². The number of nitrogens with one attached hydrogen (secondary N) is 1. The maximum Gasteiger partial charge on any atom is 0.307 e. The first kappa shape index (κ1) is 28.9. The number of ether oxygens (including phenoxy) is 1. The van der Waals surface area contributed by atoms with Gasteiger partial charge >= 0.3 is 5.97 Å². The van der Waals surface area contributed by atoms with E-state index in [0.717, 1.165) is 22.4 Å². The number of hydrogen-bond donors (Lipinski definition) is 3. The molecule has 0 aliphatic carbocycles. The number of amidine groups is 1. The third-order valence-electron chi connectivity index (χ3n) is 7.34. The van der Waals surface area contributed by atoms with Crippen molar-refractivity contribution in [2.24, 2.45) is 10.9 Å². The molecule has 3 heterocycles. The summed E-state index contributed by atoms with van der Waals surface area (Å²) in [5.41, 5.74) is 7.09. The fourth-order valence-electron chi connectivity index (χ4n) is 5.17. The Kier molecular flexibility index (Phi) is 8.27. The molecule has 0 saturated carbocycles. The summed E-state index contributed by atoms with van der Waals surface area (Å²) in [7, 11) is -3.95. The van der Waals surface area contributed by atoms with E-state index in [1.807, 2.05) is 0 Å². The van der Waals surface area contributed by atoms with Gasteiger partial charge in [0.05, 0.1) is 29.7 Å². The number of fused-ring (bicyclic) bond motifs is 2. The van der Waals surface area contributed by atoms with Gasteiger partial charge in [0.15, 0.2) is 10.8 Å². The minimum absolute atomic E-state index is 0.0483. The van der Waals surface area contributed by atoms with Crippen LogP contribution in [0.15, 0.2) is 46.4 Å². The lowest BCUT2D eigenvalue weighted by molar-refractivity contribution is -0.144. The molecule has 0 radical (unpaired) electrons. The van der Waals surface area contributed by atoms with Crippen molar-refractivity contribution in [1.82, 2.24) is 19.5 Å². The molecule has 3 aromatic rings. The molecule has 41 heavy (non-hydrogen) atoms. The largest absolute Gasteiger partial charge is 0.466 e. The monoisotopic (exact) mass is 600 g/mol. The molecular formula is C27H32N6O6S2. The highest BCUT2D eigenvalue weighted by Crippen LogP contribution is 2.29. The molecule has 14 heteroatoms. The van der Waals surface area contributed by atoms with Gasteiger partial charge in [0.2, 0.25) is 10.0 Å². The Bertz CT molecular complexity index is 1620. The van der Waals surface area contributed by atoms with Crippen LogP contribution in [-0.2, 0) is 32.5 Å². The number of nitrogens with zero attached hydrogens (tertiary/aromatic N) is 4. The number of amides is 1. The maximum absolute atomic E-state index is 13.7. The number of hydrogen-bond acceptors (Lipinski definition) is 10. The maximum atomic E-state index is 13.7. The average molecular weight is 601 g/mol. The molecule has 2 aliphatic heterocycles. The summed E-state index contributed by atoms with van der Waals surface area (Å²) in [5, 5.41) is 17.0. The van der Waals surface area contributed by atoms with Crippen LogP contribution in [0.25, 0.3) is 10.8 Å². The zero-order valence-electron chi connectivity index (χ0n) is 22.7. The van der Waals surface area contributed by atoms with Gasteiger partial charge in [0.1, 0.15) is 0 Å². The number of nitrogens with two attached hydrogens (primary N) is 1. The van der Waals surface area contributed by atoms with Crippen molar-refractivity contribution in [1.29, 1.82) is 0 Å². The Morgan fingerprint density at radius 2 is 1.98 bits per heavy atom. The number of oxime groups is 1. The van der Waals surface area contributed by atoms with Crippen LogP contribution < -0.4 is 11.1 Å². The molecule has 2 aliphatic rings. The van der Waals surface area contributed by atoms with Crippen LogP contribution in [0.5, 0.6) is 0 Å². The Morgan fingerprint density at radius 3 is 2.73 bits per heavy atom. The summed E-state index contributed by atoms with van der Waals surface area (Å²) in [6.07, 6.45) is 0.594. The molecule has 0 bridgehead atoms. The fraction of sp³-hybridized carbons (Fsp3) is 0.407. The minimum atomic E-state index is -3.95. The van der Waals surface area contributed by atoms with Crippen LogP contribution in [0.1, 0.15) is 46.2 Å². The van der Waals surface area contributed by atoms with Crippen molar-refractivity contribution in [3.63, 3.8) is 0 Å². The Balaban J connectivity index is 1.40. The molecule has 12 nitrogen and oxygen atoms in total. The second-order valence-electron chi connectivity index (χ2n) is 10.1. The SMILES string of the molecule is CCOC(=O)CC1CN(S(=O)(=O)c2ccc3cc(C(N)=NO)ccc3c2)CCN1C(=O)c1nc2c(s1)CNC(C)C2. The number of piperazine rings is 1. The molecule has 0 spiro atoms. The van der Waals surface area contributed by atoms with Gasteiger partial charge in [0, 0.05) is 49.1 Å². The first-order valence-corrected chi connectivity index (χ1v) is 15.6. The third-order valence-corrected chi connectivity index (χ3v) is 10.3. The van der Waals surface area contributed by atoms with Crippen LogP contribution in [0, 0.1) is 0 Å². The highest BCUT2D eigenvalue weighted by Gasteiger charge is 2.39. The van der Waals surface area contributed by atoms with E-state index in [1.165, 1.54) is 21.7 Å². The number of carbonyl (C=O) groups is 2. The standard InChI is InChI=1S/C27H32N6O6S2/c1-3-39-24(34)13-20-15-32(8-9-33(20)27(35)26-30-22-10-16(2)29-14-23(22)40-26)41(37,38)21-7-6-17-11-19(25(28)31-36)5-4-18(17)12-21/h4-7,11-12,16,20,29,36H,3,8-10,13-15H2,1-2H3,(H2,28,31). The van der Waals surface area contributed by atoms with Crippen LogP contribution in [0.2, 0.25) is 0 Å². The lowest BCUT2D eigenvalue weighted by Crippen LogP contribution is -2.57. The molecule has 218 valence electrons. The topological polar surface area (TPSA) is 168 Å². The van der Waals surface area contributed by atoms with Crippen molar-refractivity contribution in [3.8, 4) is 0 Å². The molecule has 1 aromatic heterocycles. The van der Waals surface area contributed by atoms with Gasteiger partial charge in [-0.25, -0.2) is 13.4 Å². The van der Waals surface area contributed by atoms with Crippen molar-refractivity contribution < 1.29 is 28.0 Å². The van der Waals surface area contributed by atoms with E-state index < -0.39 is 22.0 Å². The van der Waals surface area contributed by atoms with E-state index in [1.54, 1.807) is 42.2 Å². The number of aromatic nitrogens is 1. The Morgan fingerprint density at radius 1 is 1.22 bits per heavy atom. The van der Waals surface area contributed by atoms with Gasteiger partial charge in [-0.3, -0.25) is 9.59 Å². The van der Waals surface area contributed by atoms with Gasteiger partial charge in [0.25, 0.3) is 5.91 Å². The third kappa shape index (κ3) is 5.91. The predicted molar refractivity (Wildman–Crippen MR) is 153 cm³/mol. The van der Waals surface area contributed by atoms with Gasteiger partial charge < -0.3 is 25.9 Å². The van der Waals surface area contributed by atoms with Gasteiger partial charge in [-0.05, 0) is 42.8 Å². The molecule has 2 unspecified atom stereocenters. The summed E-state index contributed by atoms with van der Waals surface area (Å²) in [5.74, 6) is -0.860. The van der Waals surface area contributed by atoms with Gasteiger partial charge in [-0.2, -0.15) is 4.31 Å². The number of carbonyl (C=O) groups excluding carboxylic acids is 2. The summed E-state index contributed by atoms with van der Waals surface area (Å²) >= 11 is 1.34. The number of sulfonamides is 1. The zero-order valence-corrected chi connectivity index (χ0v) is 24.4. The average Bonchev–Trinajstić information content (AvgIpc) is 3.39. The summed E-state index contributed by atoms with van der Waals surface area (Å²) in [4.78, 5) is 33.4. The molecule has 1 amide bonds. The molecule has 1 fully saturated rings. The Hall–Kier alpha value is -3.59. The lowest BCUT2D eigenvalue weighted by Gasteiger charge is -2.40. The predicted octanol–water partition coefficient (Wildman–Crippen LogP) is 1.89. The quantitative estimate of drug-likeness (QED) is 0.121. The minimum Gasteiger partial charge on any atom is -0.466 e. The molecular weight excluding hydrogens is 568 g/mol. The summed E-state index contributed by atoms with van der Waals surface area (Å²) in [6, 6.07) is 9.32. The van der Waals surface area contributed by atoms with E-state index in [0.29, 0.717) is 22.5 Å². The molecule has 5 rings (SSSR count). The van der Waals surface area contributed by atoms with Gasteiger partial charge in [-0.15, -0.1) is 11.3 Å². The van der Waals surface area contributed by atoms with Crippen LogP contribution >= 0.6 is 11.3 Å². The molecule has 1 saturated heterocycles. The van der Waals surface area contributed by atoms with E-state index >= 15 is 0 Å². The van der Waals surface area contributed by atoms with Crippen LogP contribution in [0.4, 0.5) is 0 Å². The van der Waals surface area contributed by atoms with Crippen molar-refractivity contribution >= 4 is 49.8 Å². The first-order valence-electron chi connectivity index (χ1n) is 13.3. The lowest BCUT2D eigenvalue weighted by atomic mass is 10.1. The highest BCUT2D eigenvalue weighted by atomic mass is 32.2. The van der Waals surface area contributed by atoms with E-state index in [2.05, 4.69) is 22.4 Å². The summed E-state index contributed by atoms with van der Waals surface area (Å²) in [6.45, 7) is 4.71. The zero-order chi connectivity index (χ0) is 29.3. The van der Waals surface area contributed by atoms with E-state index in [4.69, 9.17) is 15.7 Å². The fourth-order valence-corrected chi connectivity index (χ4v) is 7.67. The number of rotatable bonds is 7. The summed E-state index contributed by atoms with van der Waals surface area (Å²) < 4.78 is 33.9. The molecule has 2 aromatic carbocycles. The number of esters is 1. The van der Waals surface area contributed by atoms with Crippen molar-refractivity contribution in [2.45, 2.75) is 50.2 Å². The smallest absolute Gasteiger partial charge is 0.307 e. The van der Waals surface area contributed by atoms with Crippen LogP contribution in [0.3, 0.4) is 0 Å². The molecule has 4 N–H and O–H groups in total.